The minimum Gasteiger partial charge on any atom is -0.301 e. The van der Waals surface area contributed by atoms with Crippen LogP contribution in [-0.4, -0.2) is 35.5 Å². The number of aliphatic imine (C=N–C) groups is 1. The summed E-state index contributed by atoms with van der Waals surface area (Å²) in [4.78, 5) is 9.53. The monoisotopic (exact) mass is 223 g/mol. The maximum atomic E-state index is 9.32. The molecule has 1 heterocycles. The second-order valence-electron chi connectivity index (χ2n) is 5.76. The summed E-state index contributed by atoms with van der Waals surface area (Å²) >= 11 is 0. The molecule has 0 aromatic carbocycles. The number of hydrogen-bond acceptors (Lipinski definition) is 4. The van der Waals surface area contributed by atoms with Crippen LogP contribution >= 0.6 is 0 Å². The summed E-state index contributed by atoms with van der Waals surface area (Å²) in [5.74, 6) is 0. The standard InChI is InChI=1S/C12H21N3O/c1-10(2)7-12(9-13,14-5)8-11(3,4)15(10)16-6/h5,7-8H2,1-4,6H3. The van der Waals surface area contributed by atoms with Gasteiger partial charge in [0.15, 0.2) is 0 Å². The first-order valence-electron chi connectivity index (χ1n) is 5.47. The van der Waals surface area contributed by atoms with E-state index in [-0.39, 0.29) is 11.1 Å². The van der Waals surface area contributed by atoms with Gasteiger partial charge in [-0.25, -0.2) is 0 Å². The van der Waals surface area contributed by atoms with E-state index in [1.807, 2.05) is 5.06 Å². The van der Waals surface area contributed by atoms with Crippen LogP contribution in [0.4, 0.5) is 0 Å². The Morgan fingerprint density at radius 3 is 1.94 bits per heavy atom. The third-order valence-corrected chi connectivity index (χ3v) is 3.24. The Morgan fingerprint density at radius 1 is 1.25 bits per heavy atom. The van der Waals surface area contributed by atoms with E-state index in [9.17, 15) is 5.26 Å². The van der Waals surface area contributed by atoms with Gasteiger partial charge in [-0.15, -0.1) is 0 Å². The summed E-state index contributed by atoms with van der Waals surface area (Å²) in [5.41, 5.74) is -1.15. The van der Waals surface area contributed by atoms with Gasteiger partial charge in [-0.3, -0.25) is 4.99 Å². The molecule has 0 aliphatic carbocycles. The second kappa shape index (κ2) is 3.83. The van der Waals surface area contributed by atoms with Crippen LogP contribution in [0.5, 0.6) is 0 Å². The Kier molecular flexibility index (Phi) is 3.15. The minimum atomic E-state index is -0.692. The van der Waals surface area contributed by atoms with Crippen LogP contribution < -0.4 is 0 Å². The maximum absolute atomic E-state index is 9.32. The summed E-state index contributed by atoms with van der Waals surface area (Å²) in [5, 5.41) is 11.3. The molecule has 16 heavy (non-hydrogen) atoms. The smallest absolute Gasteiger partial charge is 0.149 e. The van der Waals surface area contributed by atoms with E-state index in [0.717, 1.165) is 0 Å². The van der Waals surface area contributed by atoms with Gasteiger partial charge in [0.25, 0.3) is 0 Å². The van der Waals surface area contributed by atoms with E-state index >= 15 is 0 Å². The first-order valence-corrected chi connectivity index (χ1v) is 5.47. The lowest BCUT2D eigenvalue weighted by atomic mass is 9.71. The first-order chi connectivity index (χ1) is 7.23. The van der Waals surface area contributed by atoms with Crippen molar-refractivity contribution < 1.29 is 4.84 Å². The predicted molar refractivity (Wildman–Crippen MR) is 64.1 cm³/mol. The lowest BCUT2D eigenvalue weighted by Gasteiger charge is -2.54. The molecule has 0 spiro atoms. The molecule has 0 aromatic heterocycles. The van der Waals surface area contributed by atoms with E-state index < -0.39 is 5.54 Å². The predicted octanol–water partition coefficient (Wildman–Crippen LogP) is 2.16. The van der Waals surface area contributed by atoms with Crippen LogP contribution in [0.1, 0.15) is 40.5 Å². The van der Waals surface area contributed by atoms with Crippen molar-refractivity contribution in [2.24, 2.45) is 4.99 Å². The molecule has 0 atom stereocenters. The van der Waals surface area contributed by atoms with Gasteiger partial charge in [-0.1, -0.05) is 0 Å². The maximum Gasteiger partial charge on any atom is 0.149 e. The molecule has 0 saturated carbocycles. The van der Waals surface area contributed by atoms with Crippen molar-refractivity contribution in [3.05, 3.63) is 0 Å². The van der Waals surface area contributed by atoms with Gasteiger partial charge in [-0.2, -0.15) is 10.3 Å². The van der Waals surface area contributed by atoms with Gasteiger partial charge in [0.2, 0.25) is 0 Å². The van der Waals surface area contributed by atoms with Crippen LogP contribution in [0.3, 0.4) is 0 Å². The van der Waals surface area contributed by atoms with Gasteiger partial charge in [0, 0.05) is 23.9 Å². The summed E-state index contributed by atoms with van der Waals surface area (Å²) in [6.07, 6.45) is 1.27. The Balaban J connectivity index is 3.17. The van der Waals surface area contributed by atoms with Crippen LogP contribution in [0.15, 0.2) is 4.99 Å². The molecule has 0 bridgehead atoms. The topological polar surface area (TPSA) is 48.6 Å². The number of rotatable bonds is 2. The van der Waals surface area contributed by atoms with Crippen LogP contribution in [0, 0.1) is 11.3 Å². The fraction of sp³-hybridized carbons (Fsp3) is 0.833. The molecule has 0 unspecified atom stereocenters. The number of nitriles is 1. The van der Waals surface area contributed by atoms with Crippen molar-refractivity contribution in [1.29, 1.82) is 5.26 Å². The van der Waals surface area contributed by atoms with E-state index in [1.54, 1.807) is 7.11 Å². The molecular formula is C12H21N3O. The average molecular weight is 223 g/mol. The molecule has 0 aromatic rings. The van der Waals surface area contributed by atoms with Crippen molar-refractivity contribution in [2.45, 2.75) is 57.2 Å². The highest BCUT2D eigenvalue weighted by Gasteiger charge is 2.53. The number of hydroxylamine groups is 2. The Bertz CT molecular complexity index is 310. The third-order valence-electron chi connectivity index (χ3n) is 3.24. The Morgan fingerprint density at radius 2 is 1.69 bits per heavy atom. The Labute approximate surface area is 97.9 Å². The molecule has 4 heteroatoms. The summed E-state index contributed by atoms with van der Waals surface area (Å²) < 4.78 is 0. The number of piperidine rings is 1. The van der Waals surface area contributed by atoms with Crippen molar-refractivity contribution >= 4 is 6.72 Å². The van der Waals surface area contributed by atoms with Gasteiger partial charge in [0.05, 0.1) is 13.2 Å². The Hall–Kier alpha value is -0.920. The normalized spacial score (nSPS) is 27.0. The van der Waals surface area contributed by atoms with Crippen LogP contribution in [0.2, 0.25) is 0 Å². The second-order valence-corrected chi connectivity index (χ2v) is 5.76. The molecule has 1 aliphatic heterocycles. The summed E-state index contributed by atoms with van der Waals surface area (Å²) in [7, 11) is 1.67. The largest absolute Gasteiger partial charge is 0.301 e. The van der Waals surface area contributed by atoms with E-state index in [0.29, 0.717) is 12.8 Å². The highest BCUT2D eigenvalue weighted by molar-refractivity contribution is 5.31. The molecular weight excluding hydrogens is 202 g/mol. The summed E-state index contributed by atoms with van der Waals surface area (Å²) in [6.45, 7) is 11.8. The van der Waals surface area contributed by atoms with E-state index in [4.69, 9.17) is 4.84 Å². The fourth-order valence-corrected chi connectivity index (χ4v) is 3.18. The van der Waals surface area contributed by atoms with Crippen molar-refractivity contribution in [3.8, 4) is 6.07 Å². The molecule has 0 radical (unpaired) electrons. The highest BCUT2D eigenvalue weighted by Crippen LogP contribution is 2.44. The van der Waals surface area contributed by atoms with Gasteiger partial charge in [-0.05, 0) is 34.4 Å². The fourth-order valence-electron chi connectivity index (χ4n) is 3.18. The highest BCUT2D eigenvalue weighted by atomic mass is 16.7. The molecule has 1 rings (SSSR count). The number of hydrogen-bond donors (Lipinski definition) is 0. The molecule has 1 saturated heterocycles. The molecule has 1 fully saturated rings. The quantitative estimate of drug-likeness (QED) is 0.674. The van der Waals surface area contributed by atoms with Crippen LogP contribution in [0.25, 0.3) is 0 Å². The SMILES string of the molecule is C=NC1(C#N)CC(C)(C)N(OC)C(C)(C)C1. The van der Waals surface area contributed by atoms with Crippen molar-refractivity contribution in [1.82, 2.24) is 5.06 Å². The zero-order valence-electron chi connectivity index (χ0n) is 10.9. The molecule has 0 amide bonds. The minimum absolute atomic E-state index is 0.229. The molecule has 4 nitrogen and oxygen atoms in total. The van der Waals surface area contributed by atoms with Crippen molar-refractivity contribution in [3.63, 3.8) is 0 Å². The van der Waals surface area contributed by atoms with E-state index in [1.165, 1.54) is 0 Å². The van der Waals surface area contributed by atoms with E-state index in [2.05, 4.69) is 45.5 Å². The van der Waals surface area contributed by atoms with Crippen molar-refractivity contribution in [2.75, 3.05) is 7.11 Å². The van der Waals surface area contributed by atoms with Gasteiger partial charge in [0.1, 0.15) is 5.54 Å². The zero-order valence-corrected chi connectivity index (χ0v) is 10.9. The first kappa shape index (κ1) is 13.1. The average Bonchev–Trinajstić information content (AvgIpc) is 2.14. The van der Waals surface area contributed by atoms with Gasteiger partial charge < -0.3 is 4.84 Å². The number of nitrogens with zero attached hydrogens (tertiary/aromatic N) is 3. The lowest BCUT2D eigenvalue weighted by molar-refractivity contribution is -0.270. The van der Waals surface area contributed by atoms with Gasteiger partial charge >= 0.3 is 0 Å². The molecule has 1 aliphatic rings. The van der Waals surface area contributed by atoms with Crippen LogP contribution in [-0.2, 0) is 4.84 Å². The lowest BCUT2D eigenvalue weighted by Crippen LogP contribution is -2.64. The molecule has 90 valence electrons. The summed E-state index contributed by atoms with van der Waals surface area (Å²) in [6, 6.07) is 2.31. The third kappa shape index (κ3) is 1.98. The zero-order chi connectivity index (χ0) is 12.6. The molecule has 0 N–H and O–H groups in total.